The lowest BCUT2D eigenvalue weighted by Gasteiger charge is -2.09. The van der Waals surface area contributed by atoms with E-state index in [1.54, 1.807) is 18.3 Å². The number of hydrogen-bond acceptors (Lipinski definition) is 5. The SMILES string of the molecule is Cc1cc(OCc2cn(CC(=O)c3ccc(O)cc3)nn2)cc(C)c1C. The number of carbonyl (C=O) groups is 1. The molecule has 0 aliphatic heterocycles. The molecule has 1 N–H and O–H groups in total. The molecule has 0 radical (unpaired) electrons. The second-order valence-corrected chi connectivity index (χ2v) is 6.35. The Morgan fingerprint density at radius 3 is 2.42 bits per heavy atom. The Morgan fingerprint density at radius 2 is 1.77 bits per heavy atom. The number of phenols is 1. The summed E-state index contributed by atoms with van der Waals surface area (Å²) in [4.78, 5) is 12.2. The molecule has 0 spiro atoms. The van der Waals surface area contributed by atoms with Crippen LogP contribution in [0.4, 0.5) is 0 Å². The zero-order valence-corrected chi connectivity index (χ0v) is 15.1. The molecule has 0 saturated heterocycles. The van der Waals surface area contributed by atoms with Gasteiger partial charge in [0, 0.05) is 5.56 Å². The highest BCUT2D eigenvalue weighted by Gasteiger charge is 2.10. The third-order valence-corrected chi connectivity index (χ3v) is 4.37. The summed E-state index contributed by atoms with van der Waals surface area (Å²) >= 11 is 0. The first-order valence-electron chi connectivity index (χ1n) is 8.34. The Bertz CT molecular complexity index is 907. The summed E-state index contributed by atoms with van der Waals surface area (Å²) in [7, 11) is 0. The Balaban J connectivity index is 1.61. The number of carbonyl (C=O) groups excluding carboxylic acids is 1. The maximum atomic E-state index is 12.2. The molecule has 0 aliphatic carbocycles. The second kappa shape index (κ2) is 7.39. The number of rotatable bonds is 6. The fraction of sp³-hybridized carbons (Fsp3) is 0.250. The van der Waals surface area contributed by atoms with Crippen LogP contribution in [0.2, 0.25) is 0 Å². The van der Waals surface area contributed by atoms with E-state index < -0.39 is 0 Å². The van der Waals surface area contributed by atoms with Crippen LogP contribution in [0, 0.1) is 20.8 Å². The van der Waals surface area contributed by atoms with E-state index in [0.29, 0.717) is 11.3 Å². The van der Waals surface area contributed by atoms with Crippen LogP contribution in [0.5, 0.6) is 11.5 Å². The van der Waals surface area contributed by atoms with Gasteiger partial charge in [-0.25, -0.2) is 4.68 Å². The van der Waals surface area contributed by atoms with Crippen molar-refractivity contribution in [2.45, 2.75) is 33.9 Å². The minimum Gasteiger partial charge on any atom is -0.508 e. The predicted octanol–water partition coefficient (Wildman–Crippen LogP) is 3.37. The lowest BCUT2D eigenvalue weighted by molar-refractivity contribution is 0.0967. The van der Waals surface area contributed by atoms with Gasteiger partial charge in [-0.15, -0.1) is 5.10 Å². The first-order chi connectivity index (χ1) is 12.4. The summed E-state index contributed by atoms with van der Waals surface area (Å²) in [6.07, 6.45) is 1.70. The van der Waals surface area contributed by atoms with Crippen molar-refractivity contribution >= 4 is 5.78 Å². The molecule has 3 aromatic rings. The predicted molar refractivity (Wildman–Crippen MR) is 97.4 cm³/mol. The van der Waals surface area contributed by atoms with Gasteiger partial charge in [-0.3, -0.25) is 4.79 Å². The molecule has 6 heteroatoms. The largest absolute Gasteiger partial charge is 0.508 e. The smallest absolute Gasteiger partial charge is 0.184 e. The molecular formula is C20H21N3O3. The van der Waals surface area contributed by atoms with Crippen molar-refractivity contribution in [3.63, 3.8) is 0 Å². The monoisotopic (exact) mass is 351 g/mol. The third-order valence-electron chi connectivity index (χ3n) is 4.37. The fourth-order valence-electron chi connectivity index (χ4n) is 2.60. The first-order valence-corrected chi connectivity index (χ1v) is 8.34. The highest BCUT2D eigenvalue weighted by atomic mass is 16.5. The Labute approximate surface area is 152 Å². The number of aryl methyl sites for hydroxylation is 2. The van der Waals surface area contributed by atoms with Crippen LogP contribution in [-0.4, -0.2) is 25.9 Å². The van der Waals surface area contributed by atoms with Crippen molar-refractivity contribution in [3.8, 4) is 11.5 Å². The van der Waals surface area contributed by atoms with Crippen molar-refractivity contribution in [3.05, 3.63) is 70.5 Å². The molecule has 0 amide bonds. The maximum Gasteiger partial charge on any atom is 0.184 e. The molecule has 3 rings (SSSR count). The molecule has 134 valence electrons. The zero-order valence-electron chi connectivity index (χ0n) is 15.1. The third kappa shape index (κ3) is 4.08. The Hall–Kier alpha value is -3.15. The van der Waals surface area contributed by atoms with E-state index in [4.69, 9.17) is 4.74 Å². The van der Waals surface area contributed by atoms with Gasteiger partial charge >= 0.3 is 0 Å². The van der Waals surface area contributed by atoms with Crippen molar-refractivity contribution in [2.24, 2.45) is 0 Å². The zero-order chi connectivity index (χ0) is 18.7. The van der Waals surface area contributed by atoms with Crippen molar-refractivity contribution in [1.29, 1.82) is 0 Å². The van der Waals surface area contributed by atoms with Crippen LogP contribution >= 0.6 is 0 Å². The van der Waals surface area contributed by atoms with E-state index in [9.17, 15) is 9.90 Å². The van der Waals surface area contributed by atoms with Gasteiger partial charge in [0.15, 0.2) is 5.78 Å². The lowest BCUT2D eigenvalue weighted by atomic mass is 10.0. The molecular weight excluding hydrogens is 330 g/mol. The number of benzene rings is 2. The topological polar surface area (TPSA) is 77.2 Å². The van der Waals surface area contributed by atoms with E-state index in [0.717, 1.165) is 5.75 Å². The van der Waals surface area contributed by atoms with E-state index >= 15 is 0 Å². The van der Waals surface area contributed by atoms with Crippen molar-refractivity contribution < 1.29 is 14.6 Å². The first kappa shape index (κ1) is 17.7. The molecule has 26 heavy (non-hydrogen) atoms. The molecule has 0 saturated carbocycles. The number of aromatic hydroxyl groups is 1. The van der Waals surface area contributed by atoms with Crippen LogP contribution < -0.4 is 4.74 Å². The number of ether oxygens (including phenoxy) is 1. The van der Waals surface area contributed by atoms with Gasteiger partial charge in [-0.2, -0.15) is 0 Å². The van der Waals surface area contributed by atoms with Gasteiger partial charge in [0.1, 0.15) is 30.3 Å². The Kier molecular flexibility index (Phi) is 5.02. The van der Waals surface area contributed by atoms with Crippen LogP contribution in [0.15, 0.2) is 42.6 Å². The average Bonchev–Trinajstić information content (AvgIpc) is 3.05. The minimum absolute atomic E-state index is 0.0839. The number of phenolic OH excluding ortho intramolecular Hbond substituents is 1. The summed E-state index contributed by atoms with van der Waals surface area (Å²) in [5.74, 6) is 0.816. The molecule has 0 aliphatic rings. The average molecular weight is 351 g/mol. The molecule has 0 atom stereocenters. The van der Waals surface area contributed by atoms with Crippen LogP contribution in [0.3, 0.4) is 0 Å². The minimum atomic E-state index is -0.104. The second-order valence-electron chi connectivity index (χ2n) is 6.35. The van der Waals surface area contributed by atoms with Crippen LogP contribution in [-0.2, 0) is 13.2 Å². The highest BCUT2D eigenvalue weighted by molar-refractivity contribution is 5.95. The molecule has 6 nitrogen and oxygen atoms in total. The van der Waals surface area contributed by atoms with Crippen molar-refractivity contribution in [2.75, 3.05) is 0 Å². The summed E-state index contributed by atoms with van der Waals surface area (Å²) in [5.41, 5.74) is 4.79. The number of ketones is 1. The lowest BCUT2D eigenvalue weighted by Crippen LogP contribution is -2.10. The Morgan fingerprint density at radius 1 is 1.12 bits per heavy atom. The summed E-state index contributed by atoms with van der Waals surface area (Å²) < 4.78 is 7.28. The van der Waals surface area contributed by atoms with Gasteiger partial charge in [-0.1, -0.05) is 5.21 Å². The molecule has 2 aromatic carbocycles. The normalized spacial score (nSPS) is 10.7. The molecule has 0 bridgehead atoms. The van der Waals surface area contributed by atoms with E-state index in [2.05, 4.69) is 31.1 Å². The summed E-state index contributed by atoms with van der Waals surface area (Å²) in [5, 5.41) is 17.3. The van der Waals surface area contributed by atoms with E-state index in [-0.39, 0.29) is 24.7 Å². The molecule has 1 aromatic heterocycles. The van der Waals surface area contributed by atoms with Gasteiger partial charge < -0.3 is 9.84 Å². The standard InChI is InChI=1S/C20H21N3O3/c1-13-8-19(9-14(2)15(13)3)26-12-17-10-23(22-21-17)11-20(25)16-4-6-18(24)7-5-16/h4-10,24H,11-12H2,1-3H3. The number of Topliss-reactive ketones (excluding diaryl/α,β-unsaturated/α-hetero) is 1. The van der Waals surface area contributed by atoms with Crippen LogP contribution in [0.25, 0.3) is 0 Å². The quantitative estimate of drug-likeness (QED) is 0.689. The van der Waals surface area contributed by atoms with Gasteiger partial charge in [-0.05, 0) is 73.9 Å². The molecule has 1 heterocycles. The summed E-state index contributed by atoms with van der Waals surface area (Å²) in [6, 6.07) is 10.1. The van der Waals surface area contributed by atoms with E-state index in [1.165, 1.54) is 33.5 Å². The number of aromatic nitrogens is 3. The summed E-state index contributed by atoms with van der Waals surface area (Å²) in [6.45, 7) is 6.57. The number of hydrogen-bond donors (Lipinski definition) is 1. The van der Waals surface area contributed by atoms with Gasteiger partial charge in [0.2, 0.25) is 0 Å². The van der Waals surface area contributed by atoms with Crippen LogP contribution in [0.1, 0.15) is 32.7 Å². The number of nitrogens with zero attached hydrogens (tertiary/aromatic N) is 3. The highest BCUT2D eigenvalue weighted by Crippen LogP contribution is 2.21. The maximum absolute atomic E-state index is 12.2. The van der Waals surface area contributed by atoms with Gasteiger partial charge in [0.05, 0.1) is 6.20 Å². The van der Waals surface area contributed by atoms with Crippen molar-refractivity contribution in [1.82, 2.24) is 15.0 Å². The molecule has 0 unspecified atom stereocenters. The fourth-order valence-corrected chi connectivity index (χ4v) is 2.60. The van der Waals surface area contributed by atoms with Gasteiger partial charge in [0.25, 0.3) is 0 Å². The molecule has 0 fully saturated rings. The van der Waals surface area contributed by atoms with E-state index in [1.807, 2.05) is 12.1 Å².